The summed E-state index contributed by atoms with van der Waals surface area (Å²) < 4.78 is 0. The lowest BCUT2D eigenvalue weighted by Crippen LogP contribution is -2.08. The molecule has 0 bridgehead atoms. The first kappa shape index (κ1) is 16.2. The summed E-state index contributed by atoms with van der Waals surface area (Å²) >= 11 is 1.90. The highest BCUT2D eigenvalue weighted by molar-refractivity contribution is 7.99. The lowest BCUT2D eigenvalue weighted by atomic mass is 9.79. The summed E-state index contributed by atoms with van der Waals surface area (Å²) in [4.78, 5) is 2.74. The van der Waals surface area contributed by atoms with Crippen LogP contribution in [0.2, 0.25) is 0 Å². The first-order valence-corrected chi connectivity index (χ1v) is 10.8. The smallest absolute Gasteiger partial charge is 0.0201 e. The number of hydrogen-bond donors (Lipinski definition) is 0. The molecule has 1 heteroatoms. The third-order valence-corrected chi connectivity index (χ3v) is 7.18. The van der Waals surface area contributed by atoms with Gasteiger partial charge in [0.05, 0.1) is 0 Å². The Bertz CT molecular complexity index is 1210. The molecule has 0 nitrogen and oxygen atoms in total. The molecule has 0 aromatic heterocycles. The van der Waals surface area contributed by atoms with E-state index in [4.69, 9.17) is 0 Å². The molecular formula is C27H20S. The zero-order valence-corrected chi connectivity index (χ0v) is 16.4. The van der Waals surface area contributed by atoms with Crippen molar-refractivity contribution in [3.05, 3.63) is 107 Å². The molecule has 0 unspecified atom stereocenters. The Balaban J connectivity index is 1.76. The van der Waals surface area contributed by atoms with Gasteiger partial charge in [-0.05, 0) is 75.6 Å². The lowest BCUT2D eigenvalue weighted by Gasteiger charge is -2.29. The van der Waals surface area contributed by atoms with Crippen molar-refractivity contribution >= 4 is 33.7 Å². The van der Waals surface area contributed by atoms with Crippen molar-refractivity contribution in [1.29, 1.82) is 0 Å². The molecule has 0 saturated heterocycles. The SMILES string of the molecule is c1ccc2c(c1)Sc1ccccc1C2=C1CCCc2ccc3ccccc3c21. The predicted molar refractivity (Wildman–Crippen MR) is 120 cm³/mol. The molecule has 2 aliphatic rings. The number of fused-ring (bicyclic) bond motifs is 5. The van der Waals surface area contributed by atoms with Gasteiger partial charge in [0, 0.05) is 9.79 Å². The topological polar surface area (TPSA) is 0 Å². The number of hydrogen-bond acceptors (Lipinski definition) is 1. The lowest BCUT2D eigenvalue weighted by molar-refractivity contribution is 0.825. The molecule has 0 fully saturated rings. The number of rotatable bonds is 0. The van der Waals surface area contributed by atoms with Crippen LogP contribution in [0.4, 0.5) is 0 Å². The van der Waals surface area contributed by atoms with Crippen LogP contribution >= 0.6 is 11.8 Å². The fourth-order valence-electron chi connectivity index (χ4n) is 4.83. The van der Waals surface area contributed by atoms with E-state index in [0.717, 1.165) is 6.42 Å². The monoisotopic (exact) mass is 376 g/mol. The normalized spacial score (nSPS) is 15.1. The van der Waals surface area contributed by atoms with Gasteiger partial charge >= 0.3 is 0 Å². The van der Waals surface area contributed by atoms with Crippen LogP contribution in [0.5, 0.6) is 0 Å². The van der Waals surface area contributed by atoms with Gasteiger partial charge in [-0.2, -0.15) is 0 Å². The summed E-state index contributed by atoms with van der Waals surface area (Å²) in [6, 6.07) is 31.3. The van der Waals surface area contributed by atoms with Gasteiger partial charge < -0.3 is 0 Å². The Labute approximate surface area is 169 Å². The summed E-state index contributed by atoms with van der Waals surface area (Å²) in [5.74, 6) is 0. The number of aryl methyl sites for hydroxylation is 1. The average molecular weight is 377 g/mol. The van der Waals surface area contributed by atoms with E-state index in [1.807, 2.05) is 11.8 Å². The molecule has 4 aromatic carbocycles. The summed E-state index contributed by atoms with van der Waals surface area (Å²) in [6.45, 7) is 0. The van der Waals surface area contributed by atoms with E-state index in [1.54, 1.807) is 0 Å². The molecule has 1 aliphatic carbocycles. The van der Waals surface area contributed by atoms with E-state index in [9.17, 15) is 0 Å². The molecule has 4 aromatic rings. The summed E-state index contributed by atoms with van der Waals surface area (Å²) in [7, 11) is 0. The van der Waals surface area contributed by atoms with E-state index < -0.39 is 0 Å². The molecule has 0 saturated carbocycles. The molecule has 0 spiro atoms. The van der Waals surface area contributed by atoms with Crippen LogP contribution in [0, 0.1) is 0 Å². The predicted octanol–water partition coefficient (Wildman–Crippen LogP) is 7.60. The number of benzene rings is 4. The Morgan fingerprint density at radius 2 is 1.29 bits per heavy atom. The van der Waals surface area contributed by atoms with Crippen molar-refractivity contribution in [2.24, 2.45) is 0 Å². The Morgan fingerprint density at radius 1 is 0.607 bits per heavy atom. The fraction of sp³-hybridized carbons (Fsp3) is 0.111. The van der Waals surface area contributed by atoms with Gasteiger partial charge in [0.25, 0.3) is 0 Å². The zero-order valence-electron chi connectivity index (χ0n) is 15.6. The zero-order chi connectivity index (χ0) is 18.5. The van der Waals surface area contributed by atoms with Crippen LogP contribution in [-0.4, -0.2) is 0 Å². The van der Waals surface area contributed by atoms with Crippen molar-refractivity contribution in [3.63, 3.8) is 0 Å². The molecule has 1 aliphatic heterocycles. The van der Waals surface area contributed by atoms with Gasteiger partial charge in [-0.1, -0.05) is 84.6 Å². The Morgan fingerprint density at radius 3 is 2.07 bits per heavy atom. The molecule has 6 rings (SSSR count). The van der Waals surface area contributed by atoms with Crippen molar-refractivity contribution in [2.45, 2.75) is 29.1 Å². The molecule has 0 N–H and O–H groups in total. The quantitative estimate of drug-likeness (QED) is 0.268. The van der Waals surface area contributed by atoms with Crippen LogP contribution in [0.25, 0.3) is 21.9 Å². The minimum atomic E-state index is 1.14. The van der Waals surface area contributed by atoms with Crippen LogP contribution in [0.1, 0.15) is 35.1 Å². The maximum Gasteiger partial charge on any atom is 0.0201 e. The second kappa shape index (κ2) is 6.39. The second-order valence-electron chi connectivity index (χ2n) is 7.62. The average Bonchev–Trinajstić information content (AvgIpc) is 2.77. The summed E-state index contributed by atoms with van der Waals surface area (Å²) in [5.41, 5.74) is 8.74. The van der Waals surface area contributed by atoms with Crippen molar-refractivity contribution < 1.29 is 0 Å². The highest BCUT2D eigenvalue weighted by Gasteiger charge is 2.27. The van der Waals surface area contributed by atoms with E-state index in [-0.39, 0.29) is 0 Å². The van der Waals surface area contributed by atoms with Gasteiger partial charge in [-0.3, -0.25) is 0 Å². The minimum Gasteiger partial charge on any atom is -0.0888 e. The molecule has 28 heavy (non-hydrogen) atoms. The van der Waals surface area contributed by atoms with E-state index >= 15 is 0 Å². The minimum absolute atomic E-state index is 1.14. The third-order valence-electron chi connectivity index (χ3n) is 6.02. The van der Waals surface area contributed by atoms with Crippen LogP contribution < -0.4 is 0 Å². The van der Waals surface area contributed by atoms with Gasteiger partial charge in [0.1, 0.15) is 0 Å². The number of allylic oxidation sites excluding steroid dienone is 1. The first-order chi connectivity index (χ1) is 13.9. The fourth-order valence-corrected chi connectivity index (χ4v) is 5.92. The van der Waals surface area contributed by atoms with Gasteiger partial charge in [0.2, 0.25) is 0 Å². The largest absolute Gasteiger partial charge is 0.0888 e. The second-order valence-corrected chi connectivity index (χ2v) is 8.71. The Hall–Kier alpha value is -2.77. The van der Waals surface area contributed by atoms with Crippen LogP contribution in [-0.2, 0) is 6.42 Å². The molecular weight excluding hydrogens is 356 g/mol. The van der Waals surface area contributed by atoms with Crippen LogP contribution in [0.15, 0.2) is 94.7 Å². The molecule has 0 atom stereocenters. The van der Waals surface area contributed by atoms with E-state index in [0.29, 0.717) is 0 Å². The highest BCUT2D eigenvalue weighted by Crippen LogP contribution is 2.50. The molecule has 0 amide bonds. The van der Waals surface area contributed by atoms with Crippen molar-refractivity contribution in [2.75, 3.05) is 0 Å². The summed E-state index contributed by atoms with van der Waals surface area (Å²) in [6.07, 6.45) is 3.54. The van der Waals surface area contributed by atoms with Gasteiger partial charge in [-0.15, -0.1) is 0 Å². The maximum atomic E-state index is 2.35. The van der Waals surface area contributed by atoms with Gasteiger partial charge in [0.15, 0.2) is 0 Å². The van der Waals surface area contributed by atoms with Crippen molar-refractivity contribution in [1.82, 2.24) is 0 Å². The standard InChI is InChI=1S/C27H20S/c1-2-10-20-18(8-1)16-17-19-9-7-13-23(26(19)20)27-21-11-3-5-14-24(21)28-25-15-6-4-12-22(25)27/h1-6,8,10-12,14-17H,7,9,13H2. The van der Waals surface area contributed by atoms with Gasteiger partial charge in [-0.25, -0.2) is 0 Å². The highest BCUT2D eigenvalue weighted by atomic mass is 32.2. The maximum absolute atomic E-state index is 2.35. The van der Waals surface area contributed by atoms with E-state index in [2.05, 4.69) is 84.9 Å². The third kappa shape index (κ3) is 2.40. The summed E-state index contributed by atoms with van der Waals surface area (Å²) in [5, 5.41) is 2.74. The Kier molecular flexibility index (Phi) is 3.70. The molecule has 1 heterocycles. The van der Waals surface area contributed by atoms with Crippen molar-refractivity contribution in [3.8, 4) is 0 Å². The first-order valence-electron chi connectivity index (χ1n) is 10.0. The van der Waals surface area contributed by atoms with E-state index in [1.165, 1.54) is 66.8 Å². The molecule has 0 radical (unpaired) electrons. The van der Waals surface area contributed by atoms with Crippen LogP contribution in [0.3, 0.4) is 0 Å². The molecule has 134 valence electrons.